The molecule has 0 amide bonds. The third kappa shape index (κ3) is 3.48. The van der Waals surface area contributed by atoms with Gasteiger partial charge in [0.05, 0.1) is 12.5 Å². The molecule has 1 aliphatic heterocycles. The number of esters is 1. The van der Waals surface area contributed by atoms with Crippen LogP contribution in [0.15, 0.2) is 42.0 Å². The van der Waals surface area contributed by atoms with Crippen LogP contribution in [0.5, 0.6) is 0 Å². The summed E-state index contributed by atoms with van der Waals surface area (Å²) in [5.74, 6) is -0.608. The number of cyclic esters (lactones) is 1. The number of aliphatic hydroxyl groups excluding tert-OH is 1. The molecule has 0 aromatic heterocycles. The summed E-state index contributed by atoms with van der Waals surface area (Å²) in [5, 5.41) is 9.80. The van der Waals surface area contributed by atoms with E-state index in [9.17, 15) is 14.3 Å². The average Bonchev–Trinajstić information content (AvgIpc) is 2.71. The zero-order valence-electron chi connectivity index (χ0n) is 15.9. The molecule has 0 spiro atoms. The molecule has 0 radical (unpaired) electrons. The summed E-state index contributed by atoms with van der Waals surface area (Å²) in [4.78, 5) is 11.6. The highest BCUT2D eigenvalue weighted by molar-refractivity contribution is 5.76. The summed E-state index contributed by atoms with van der Waals surface area (Å²) in [6, 6.07) is 6.61. The molecule has 3 rings (SSSR count). The van der Waals surface area contributed by atoms with Crippen LogP contribution in [0, 0.1) is 16.6 Å². The fourth-order valence-electron chi connectivity index (χ4n) is 3.85. The highest BCUT2D eigenvalue weighted by Crippen LogP contribution is 2.58. The Labute approximate surface area is 154 Å². The molecule has 0 unspecified atom stereocenters. The van der Waals surface area contributed by atoms with Crippen molar-refractivity contribution in [3.63, 3.8) is 0 Å². The molecule has 2 aliphatic rings. The molecule has 1 aromatic rings. The topological polar surface area (TPSA) is 46.5 Å². The molecule has 3 nitrogen and oxygen atoms in total. The van der Waals surface area contributed by atoms with E-state index >= 15 is 0 Å². The van der Waals surface area contributed by atoms with Crippen molar-refractivity contribution in [3.05, 3.63) is 53.4 Å². The lowest BCUT2D eigenvalue weighted by Crippen LogP contribution is -2.31. The zero-order chi connectivity index (χ0) is 19.1. The van der Waals surface area contributed by atoms with Gasteiger partial charge in [-0.1, -0.05) is 45.9 Å². The van der Waals surface area contributed by atoms with Crippen LogP contribution < -0.4 is 0 Å². The molecule has 26 heavy (non-hydrogen) atoms. The third-order valence-electron chi connectivity index (χ3n) is 6.17. The standard InChI is InChI=1S/C22H27FO3/c1-21(2)13-18(14-5-7-15(23)8-6-14)19(22(21,3)4)10-9-17-11-16(24)12-20(25)26-17/h5-10,16-17,24H,11-13H2,1-4H3/t16-,17-/m0/s1. The summed E-state index contributed by atoms with van der Waals surface area (Å²) in [6.07, 6.45) is 4.22. The Morgan fingerprint density at radius 3 is 2.46 bits per heavy atom. The Kier molecular flexibility index (Phi) is 4.82. The SMILES string of the molecule is CC1(C)CC(c2ccc(F)cc2)=C(C=C[C@H]2C[C@H](O)CC(=O)O2)C1(C)C. The van der Waals surface area contributed by atoms with Gasteiger partial charge in [-0.2, -0.15) is 0 Å². The van der Waals surface area contributed by atoms with Crippen LogP contribution in [-0.2, 0) is 9.53 Å². The maximum absolute atomic E-state index is 13.3. The smallest absolute Gasteiger partial charge is 0.309 e. The Balaban J connectivity index is 1.97. The van der Waals surface area contributed by atoms with E-state index in [-0.39, 0.29) is 29.0 Å². The molecule has 1 aromatic carbocycles. The maximum atomic E-state index is 13.3. The van der Waals surface area contributed by atoms with Gasteiger partial charge < -0.3 is 9.84 Å². The minimum atomic E-state index is -0.649. The zero-order valence-corrected chi connectivity index (χ0v) is 15.9. The van der Waals surface area contributed by atoms with E-state index in [0.29, 0.717) is 6.42 Å². The maximum Gasteiger partial charge on any atom is 0.309 e. The van der Waals surface area contributed by atoms with Crippen LogP contribution in [0.2, 0.25) is 0 Å². The first kappa shape index (κ1) is 18.8. The van der Waals surface area contributed by atoms with E-state index in [1.807, 2.05) is 24.3 Å². The highest BCUT2D eigenvalue weighted by Gasteiger charge is 2.46. The van der Waals surface area contributed by atoms with E-state index in [2.05, 4.69) is 27.7 Å². The number of hydrogen-bond acceptors (Lipinski definition) is 3. The van der Waals surface area contributed by atoms with Crippen LogP contribution in [-0.4, -0.2) is 23.3 Å². The molecule has 1 N–H and O–H groups in total. The summed E-state index contributed by atoms with van der Waals surface area (Å²) in [7, 11) is 0. The van der Waals surface area contributed by atoms with Crippen LogP contribution in [0.4, 0.5) is 4.39 Å². The van der Waals surface area contributed by atoms with Crippen molar-refractivity contribution in [2.75, 3.05) is 0 Å². The van der Waals surface area contributed by atoms with Crippen molar-refractivity contribution < 1.29 is 19.0 Å². The fraction of sp³-hybridized carbons (Fsp3) is 0.500. The predicted octanol–water partition coefficient (Wildman–Crippen LogP) is 4.66. The van der Waals surface area contributed by atoms with Crippen molar-refractivity contribution in [1.82, 2.24) is 0 Å². The van der Waals surface area contributed by atoms with Crippen LogP contribution in [0.1, 0.15) is 52.5 Å². The average molecular weight is 358 g/mol. The lowest BCUT2D eigenvalue weighted by atomic mass is 9.67. The molecule has 1 fully saturated rings. The summed E-state index contributed by atoms with van der Waals surface area (Å²) in [5.41, 5.74) is 3.33. The van der Waals surface area contributed by atoms with Gasteiger partial charge in [0, 0.05) is 6.42 Å². The molecule has 4 heteroatoms. The number of ether oxygens (including phenoxy) is 1. The number of rotatable bonds is 3. The largest absolute Gasteiger partial charge is 0.458 e. The monoisotopic (exact) mass is 358 g/mol. The highest BCUT2D eigenvalue weighted by atomic mass is 19.1. The van der Waals surface area contributed by atoms with E-state index in [1.54, 1.807) is 0 Å². The summed E-state index contributed by atoms with van der Waals surface area (Å²) >= 11 is 0. The quantitative estimate of drug-likeness (QED) is 0.800. The van der Waals surface area contributed by atoms with E-state index in [0.717, 1.165) is 12.0 Å². The summed E-state index contributed by atoms with van der Waals surface area (Å²) < 4.78 is 18.7. The van der Waals surface area contributed by atoms with Crippen molar-refractivity contribution in [3.8, 4) is 0 Å². The van der Waals surface area contributed by atoms with E-state index < -0.39 is 12.2 Å². The Bertz CT molecular complexity index is 756. The first-order valence-electron chi connectivity index (χ1n) is 9.15. The minimum absolute atomic E-state index is 0.0408. The number of hydrogen-bond donors (Lipinski definition) is 1. The van der Waals surface area contributed by atoms with Crippen LogP contribution in [0.3, 0.4) is 0 Å². The molecule has 1 heterocycles. The van der Waals surface area contributed by atoms with Crippen LogP contribution in [0.25, 0.3) is 5.57 Å². The second-order valence-electron chi connectivity index (χ2n) is 8.57. The van der Waals surface area contributed by atoms with Crippen LogP contribution >= 0.6 is 0 Å². The molecule has 140 valence electrons. The molecule has 0 saturated carbocycles. The minimum Gasteiger partial charge on any atom is -0.458 e. The fourth-order valence-corrected chi connectivity index (χ4v) is 3.85. The first-order chi connectivity index (χ1) is 12.1. The van der Waals surface area contributed by atoms with E-state index in [1.165, 1.54) is 23.3 Å². The molecular formula is C22H27FO3. The number of allylic oxidation sites excluding steroid dienone is 3. The number of aliphatic hydroxyl groups is 1. The molecule has 1 aliphatic carbocycles. The number of carbonyl (C=O) groups excluding carboxylic acids is 1. The Morgan fingerprint density at radius 1 is 1.19 bits per heavy atom. The van der Waals surface area contributed by atoms with Crippen molar-refractivity contribution in [2.45, 2.75) is 59.2 Å². The summed E-state index contributed by atoms with van der Waals surface area (Å²) in [6.45, 7) is 8.90. The Hall–Kier alpha value is -1.94. The van der Waals surface area contributed by atoms with Gasteiger partial charge >= 0.3 is 5.97 Å². The van der Waals surface area contributed by atoms with Gasteiger partial charge in [-0.25, -0.2) is 4.39 Å². The second-order valence-corrected chi connectivity index (χ2v) is 8.57. The van der Waals surface area contributed by atoms with E-state index in [4.69, 9.17) is 4.74 Å². The molecular weight excluding hydrogens is 331 g/mol. The van der Waals surface area contributed by atoms with Crippen molar-refractivity contribution >= 4 is 11.5 Å². The van der Waals surface area contributed by atoms with Gasteiger partial charge in [0.2, 0.25) is 0 Å². The van der Waals surface area contributed by atoms with Gasteiger partial charge in [0.1, 0.15) is 11.9 Å². The molecule has 1 saturated heterocycles. The first-order valence-corrected chi connectivity index (χ1v) is 9.15. The number of carbonyl (C=O) groups is 1. The second kappa shape index (κ2) is 6.66. The van der Waals surface area contributed by atoms with Crippen molar-refractivity contribution in [2.24, 2.45) is 10.8 Å². The number of benzene rings is 1. The van der Waals surface area contributed by atoms with Gasteiger partial charge in [-0.3, -0.25) is 4.79 Å². The van der Waals surface area contributed by atoms with Gasteiger partial charge in [0.15, 0.2) is 0 Å². The normalized spacial score (nSPS) is 27.8. The van der Waals surface area contributed by atoms with Gasteiger partial charge in [0.25, 0.3) is 0 Å². The Morgan fingerprint density at radius 2 is 1.85 bits per heavy atom. The lowest BCUT2D eigenvalue weighted by Gasteiger charge is -2.37. The molecule has 0 bridgehead atoms. The van der Waals surface area contributed by atoms with Gasteiger partial charge in [-0.05, 0) is 52.2 Å². The third-order valence-corrected chi connectivity index (χ3v) is 6.17. The lowest BCUT2D eigenvalue weighted by molar-refractivity contribution is -0.156. The predicted molar refractivity (Wildman–Crippen MR) is 99.8 cm³/mol. The number of halogens is 1. The molecule has 2 atom stereocenters. The van der Waals surface area contributed by atoms with Gasteiger partial charge in [-0.15, -0.1) is 0 Å². The van der Waals surface area contributed by atoms with Crippen molar-refractivity contribution in [1.29, 1.82) is 0 Å².